The Morgan fingerprint density at radius 2 is 1.76 bits per heavy atom. The second-order valence-corrected chi connectivity index (χ2v) is 9.47. The Kier molecular flexibility index (Phi) is 5.07. The van der Waals surface area contributed by atoms with Crippen molar-refractivity contribution in [3.8, 4) is 0 Å². The maximum atomic E-state index is 13.4. The number of imide groups is 1. The van der Waals surface area contributed by atoms with Gasteiger partial charge in [0, 0.05) is 32.4 Å². The van der Waals surface area contributed by atoms with E-state index in [1.807, 2.05) is 13.8 Å². The number of urea groups is 1. The van der Waals surface area contributed by atoms with Gasteiger partial charge in [-0.15, -0.1) is 0 Å². The minimum atomic E-state index is -0.349. The van der Waals surface area contributed by atoms with E-state index in [0.29, 0.717) is 12.5 Å². The van der Waals surface area contributed by atoms with Crippen LogP contribution in [0.3, 0.4) is 0 Å². The molecule has 0 aliphatic carbocycles. The Balaban J connectivity index is 1.69. The van der Waals surface area contributed by atoms with E-state index in [2.05, 4.69) is 54.1 Å². The maximum Gasteiger partial charge on any atom is 0.327 e. The molecule has 3 fully saturated rings. The highest BCUT2D eigenvalue weighted by Gasteiger charge is 2.56. The van der Waals surface area contributed by atoms with Crippen molar-refractivity contribution in [1.29, 1.82) is 0 Å². The number of likely N-dealkylation sites (N-methyl/N-ethyl adjacent to an activating group) is 1. The van der Waals surface area contributed by atoms with Crippen molar-refractivity contribution < 1.29 is 9.59 Å². The van der Waals surface area contributed by atoms with Crippen LogP contribution >= 0.6 is 0 Å². The lowest BCUT2D eigenvalue weighted by atomic mass is 10.0. The normalized spacial score (nSPS) is 30.2. The smallest absolute Gasteiger partial charge is 0.327 e. The minimum absolute atomic E-state index is 0.0729. The number of nitrogens with one attached hydrogen (secondary N) is 1. The lowest BCUT2D eigenvalue weighted by molar-refractivity contribution is -0.139. The number of anilines is 1. The molecule has 0 saturated carbocycles. The fourth-order valence-corrected chi connectivity index (χ4v) is 5.07. The summed E-state index contributed by atoms with van der Waals surface area (Å²) in [4.78, 5) is 34.0. The van der Waals surface area contributed by atoms with E-state index in [4.69, 9.17) is 0 Å². The van der Waals surface area contributed by atoms with Gasteiger partial charge in [0.2, 0.25) is 0 Å². The average molecular weight is 400 g/mol. The largest absolute Gasteiger partial charge is 0.343 e. The number of amides is 3. The maximum absolute atomic E-state index is 13.4. The van der Waals surface area contributed by atoms with Gasteiger partial charge < -0.3 is 9.80 Å². The molecule has 1 aromatic rings. The first-order valence-electron chi connectivity index (χ1n) is 10.6. The zero-order valence-electron chi connectivity index (χ0n) is 18.3. The van der Waals surface area contributed by atoms with Crippen LogP contribution in [0, 0.1) is 25.7 Å². The standard InChI is InChI=1S/C22H33N5O2/c1-13(2)10-27-20(28)18-19(24(6)22(27)29)23-21-25(11-16(5)12-26(18)21)17-8-14(3)7-15(4)9-17/h7-9,13,16,18-19,21,23H,10-12H2,1-6H3. The first-order valence-corrected chi connectivity index (χ1v) is 10.6. The van der Waals surface area contributed by atoms with Gasteiger partial charge >= 0.3 is 6.03 Å². The molecule has 1 aromatic carbocycles. The highest BCUT2D eigenvalue weighted by atomic mass is 16.2. The summed E-state index contributed by atoms with van der Waals surface area (Å²) in [6.07, 6.45) is -0.400. The van der Waals surface area contributed by atoms with Crippen LogP contribution in [0.15, 0.2) is 18.2 Å². The van der Waals surface area contributed by atoms with Gasteiger partial charge in [0.1, 0.15) is 18.5 Å². The van der Waals surface area contributed by atoms with Gasteiger partial charge in [-0.25, -0.2) is 4.79 Å². The number of benzene rings is 1. The predicted octanol–water partition coefficient (Wildman–Crippen LogP) is 2.19. The number of carbonyl (C=O) groups excluding carboxylic acids is 2. The first kappa shape index (κ1) is 20.2. The van der Waals surface area contributed by atoms with Gasteiger partial charge in [0.25, 0.3) is 5.91 Å². The van der Waals surface area contributed by atoms with Crippen molar-refractivity contribution in [3.05, 3.63) is 29.3 Å². The number of rotatable bonds is 3. The van der Waals surface area contributed by atoms with Crippen LogP contribution in [0.1, 0.15) is 31.9 Å². The molecule has 4 atom stereocenters. The Hall–Kier alpha value is -2.12. The van der Waals surface area contributed by atoms with E-state index in [-0.39, 0.29) is 36.4 Å². The molecule has 3 amide bonds. The van der Waals surface area contributed by atoms with E-state index in [1.54, 1.807) is 11.9 Å². The quantitative estimate of drug-likeness (QED) is 0.844. The summed E-state index contributed by atoms with van der Waals surface area (Å²) in [5, 5.41) is 3.60. The number of carbonyl (C=O) groups is 2. The molecule has 7 nitrogen and oxygen atoms in total. The molecule has 29 heavy (non-hydrogen) atoms. The molecule has 7 heteroatoms. The molecule has 3 aliphatic heterocycles. The molecule has 3 aliphatic rings. The second kappa shape index (κ2) is 7.29. The Morgan fingerprint density at radius 1 is 1.10 bits per heavy atom. The summed E-state index contributed by atoms with van der Waals surface area (Å²) >= 11 is 0. The van der Waals surface area contributed by atoms with E-state index < -0.39 is 0 Å². The second-order valence-electron chi connectivity index (χ2n) is 9.47. The molecular formula is C22H33N5O2. The summed E-state index contributed by atoms with van der Waals surface area (Å²) in [6, 6.07) is 6.03. The van der Waals surface area contributed by atoms with Crippen LogP contribution in [0.5, 0.6) is 0 Å². The summed E-state index contributed by atoms with van der Waals surface area (Å²) < 4.78 is 0. The molecule has 0 bridgehead atoms. The van der Waals surface area contributed by atoms with Crippen LogP contribution in [0.4, 0.5) is 10.5 Å². The van der Waals surface area contributed by atoms with Crippen LogP contribution in [0.2, 0.25) is 0 Å². The van der Waals surface area contributed by atoms with Gasteiger partial charge in [-0.1, -0.05) is 26.8 Å². The zero-order chi connectivity index (χ0) is 21.0. The summed E-state index contributed by atoms with van der Waals surface area (Å²) in [7, 11) is 1.80. The molecule has 4 rings (SSSR count). The van der Waals surface area contributed by atoms with Crippen molar-refractivity contribution in [3.63, 3.8) is 0 Å². The molecule has 3 saturated heterocycles. The number of hydrogen-bond donors (Lipinski definition) is 1. The van der Waals surface area contributed by atoms with Gasteiger partial charge in [-0.2, -0.15) is 0 Å². The van der Waals surface area contributed by atoms with Crippen molar-refractivity contribution in [2.75, 3.05) is 31.6 Å². The third kappa shape index (κ3) is 3.40. The van der Waals surface area contributed by atoms with Crippen molar-refractivity contribution in [1.82, 2.24) is 20.0 Å². The first-order chi connectivity index (χ1) is 13.7. The Bertz CT molecular complexity index is 805. The van der Waals surface area contributed by atoms with Gasteiger partial charge in [-0.3, -0.25) is 19.9 Å². The van der Waals surface area contributed by atoms with Gasteiger partial charge in [0.05, 0.1) is 0 Å². The molecule has 3 heterocycles. The molecule has 0 spiro atoms. The number of fused-ring (bicyclic) bond motifs is 3. The highest BCUT2D eigenvalue weighted by Crippen LogP contribution is 2.35. The molecule has 0 aromatic heterocycles. The van der Waals surface area contributed by atoms with Gasteiger partial charge in [0.15, 0.2) is 0 Å². The molecule has 0 radical (unpaired) electrons. The lowest BCUT2D eigenvalue weighted by Gasteiger charge is -2.46. The van der Waals surface area contributed by atoms with Gasteiger partial charge in [-0.05, 0) is 48.9 Å². The highest BCUT2D eigenvalue weighted by molar-refractivity contribution is 6.00. The fraction of sp³-hybridized carbons (Fsp3) is 0.636. The topological polar surface area (TPSA) is 59.1 Å². The van der Waals surface area contributed by atoms with Crippen LogP contribution in [-0.4, -0.2) is 71.8 Å². The minimum Gasteiger partial charge on any atom is -0.343 e. The van der Waals surface area contributed by atoms with Crippen molar-refractivity contribution in [2.24, 2.45) is 11.8 Å². The molecular weight excluding hydrogens is 366 g/mol. The SMILES string of the molecule is Cc1cc(C)cc(N2CC(C)CN3C4C(=O)N(CC(C)C)C(=O)N(C)C4NC23)c1. The molecule has 1 N–H and O–H groups in total. The fourth-order valence-electron chi connectivity index (χ4n) is 5.07. The van der Waals surface area contributed by atoms with Crippen LogP contribution in [0.25, 0.3) is 0 Å². The van der Waals surface area contributed by atoms with E-state index in [1.165, 1.54) is 16.0 Å². The average Bonchev–Trinajstić information content (AvgIpc) is 3.01. The third-order valence-electron chi connectivity index (χ3n) is 6.17. The number of nitrogens with zero attached hydrogens (tertiary/aromatic N) is 4. The Labute approximate surface area is 173 Å². The van der Waals surface area contributed by atoms with E-state index >= 15 is 0 Å². The number of aryl methyl sites for hydroxylation is 2. The molecule has 158 valence electrons. The van der Waals surface area contributed by atoms with Crippen molar-refractivity contribution in [2.45, 2.75) is 53.1 Å². The van der Waals surface area contributed by atoms with Crippen LogP contribution in [-0.2, 0) is 4.79 Å². The Morgan fingerprint density at radius 3 is 2.38 bits per heavy atom. The predicted molar refractivity (Wildman–Crippen MR) is 113 cm³/mol. The third-order valence-corrected chi connectivity index (χ3v) is 6.17. The zero-order valence-corrected chi connectivity index (χ0v) is 18.3. The summed E-state index contributed by atoms with van der Waals surface area (Å²) in [5.74, 6) is 0.586. The van der Waals surface area contributed by atoms with Crippen molar-refractivity contribution >= 4 is 17.6 Å². The summed E-state index contributed by atoms with van der Waals surface area (Å²) in [5.41, 5.74) is 3.62. The monoisotopic (exact) mass is 399 g/mol. The molecule has 4 unspecified atom stereocenters. The van der Waals surface area contributed by atoms with Crippen LogP contribution < -0.4 is 10.2 Å². The van der Waals surface area contributed by atoms with E-state index in [9.17, 15) is 9.59 Å². The lowest BCUT2D eigenvalue weighted by Crippen LogP contribution is -2.67. The summed E-state index contributed by atoms with van der Waals surface area (Å²) in [6.45, 7) is 12.7. The number of hydrogen-bond acceptors (Lipinski definition) is 5. The van der Waals surface area contributed by atoms with E-state index in [0.717, 1.165) is 18.8 Å².